The second-order valence-electron chi connectivity index (χ2n) is 8.20. The van der Waals surface area contributed by atoms with Crippen LogP contribution in [-0.2, 0) is 13.0 Å². The van der Waals surface area contributed by atoms with Crippen LogP contribution < -0.4 is 0 Å². The molecule has 3 aromatic rings. The lowest BCUT2D eigenvalue weighted by Gasteiger charge is -2.18. The molecule has 1 heterocycles. The zero-order chi connectivity index (χ0) is 21.6. The van der Waals surface area contributed by atoms with Crippen molar-refractivity contribution in [3.63, 3.8) is 0 Å². The number of carbonyl (C=O) groups is 1. The number of carboxylic acids is 1. The third-order valence-electron chi connectivity index (χ3n) is 6.03. The third-order valence-corrected chi connectivity index (χ3v) is 6.03. The Morgan fingerprint density at radius 2 is 1.84 bits per heavy atom. The van der Waals surface area contributed by atoms with Crippen LogP contribution in [0.1, 0.15) is 72.5 Å². The van der Waals surface area contributed by atoms with E-state index in [4.69, 9.17) is 10.1 Å². The summed E-state index contributed by atoms with van der Waals surface area (Å²) >= 11 is 0. The van der Waals surface area contributed by atoms with E-state index in [1.165, 1.54) is 32.1 Å². The first kappa shape index (κ1) is 21.0. The van der Waals surface area contributed by atoms with Gasteiger partial charge in [-0.3, -0.25) is 0 Å². The van der Waals surface area contributed by atoms with E-state index < -0.39 is 5.97 Å². The summed E-state index contributed by atoms with van der Waals surface area (Å²) in [7, 11) is 0. The Morgan fingerprint density at radius 1 is 1.10 bits per heavy atom. The Morgan fingerprint density at radius 3 is 2.55 bits per heavy atom. The Labute approximate surface area is 183 Å². The van der Waals surface area contributed by atoms with Gasteiger partial charge in [0.05, 0.1) is 12.1 Å². The molecule has 1 fully saturated rings. The van der Waals surface area contributed by atoms with Gasteiger partial charge >= 0.3 is 5.97 Å². The van der Waals surface area contributed by atoms with Gasteiger partial charge in [-0.05, 0) is 42.5 Å². The fourth-order valence-electron chi connectivity index (χ4n) is 4.31. The van der Waals surface area contributed by atoms with E-state index in [0.717, 1.165) is 34.8 Å². The van der Waals surface area contributed by atoms with Gasteiger partial charge in [0.2, 0.25) is 0 Å². The molecule has 0 atom stereocenters. The van der Waals surface area contributed by atoms with E-state index in [-0.39, 0.29) is 0 Å². The van der Waals surface area contributed by atoms with Gasteiger partial charge < -0.3 is 5.11 Å². The molecule has 1 aliphatic rings. The number of rotatable bonds is 7. The average molecular weight is 416 g/mol. The minimum absolute atomic E-state index is 0.317. The lowest BCUT2D eigenvalue weighted by Crippen LogP contribution is -2.08. The summed E-state index contributed by atoms with van der Waals surface area (Å²) in [4.78, 5) is 16.4. The summed E-state index contributed by atoms with van der Waals surface area (Å²) < 4.78 is 2.03. The molecule has 0 bridgehead atoms. The van der Waals surface area contributed by atoms with Crippen molar-refractivity contribution in [3.8, 4) is 11.1 Å². The van der Waals surface area contributed by atoms with Crippen LogP contribution >= 0.6 is 0 Å². The SMILES string of the molecule is C/C=C/Cc1nc(C2CCCCC2)nn1Cc1ccc(-c2ccccc2C(=O)O)cc1. The Kier molecular flexibility index (Phi) is 6.60. The fourth-order valence-corrected chi connectivity index (χ4v) is 4.31. The average Bonchev–Trinajstić information content (AvgIpc) is 3.21. The summed E-state index contributed by atoms with van der Waals surface area (Å²) in [6.07, 6.45) is 11.2. The molecule has 1 aliphatic carbocycles. The topological polar surface area (TPSA) is 68.0 Å². The molecule has 1 N–H and O–H groups in total. The maximum Gasteiger partial charge on any atom is 0.336 e. The lowest BCUT2D eigenvalue weighted by atomic mass is 9.89. The number of benzene rings is 2. The first-order valence-corrected chi connectivity index (χ1v) is 11.1. The van der Waals surface area contributed by atoms with Crippen LogP contribution in [-0.4, -0.2) is 25.8 Å². The summed E-state index contributed by atoms with van der Waals surface area (Å²) in [5.74, 6) is 1.56. The molecule has 0 unspecified atom stereocenters. The van der Waals surface area contributed by atoms with Crippen molar-refractivity contribution in [1.29, 1.82) is 0 Å². The molecule has 5 heteroatoms. The van der Waals surface area contributed by atoms with Gasteiger partial charge in [0.15, 0.2) is 5.82 Å². The number of allylic oxidation sites excluding steroid dienone is 2. The second-order valence-corrected chi connectivity index (χ2v) is 8.20. The molecule has 31 heavy (non-hydrogen) atoms. The van der Waals surface area contributed by atoms with Crippen LogP contribution in [0.2, 0.25) is 0 Å². The molecule has 5 nitrogen and oxygen atoms in total. The van der Waals surface area contributed by atoms with E-state index in [0.29, 0.717) is 18.0 Å². The van der Waals surface area contributed by atoms with Crippen LogP contribution in [0.3, 0.4) is 0 Å². The predicted molar refractivity (Wildman–Crippen MR) is 122 cm³/mol. The predicted octanol–water partition coefficient (Wildman–Crippen LogP) is 5.86. The molecule has 0 spiro atoms. The molecule has 0 aliphatic heterocycles. The van der Waals surface area contributed by atoms with Crippen LogP contribution in [0, 0.1) is 0 Å². The number of hydrogen-bond acceptors (Lipinski definition) is 3. The van der Waals surface area contributed by atoms with Crippen LogP contribution in [0.15, 0.2) is 60.7 Å². The maximum atomic E-state index is 11.5. The van der Waals surface area contributed by atoms with E-state index in [9.17, 15) is 9.90 Å². The highest BCUT2D eigenvalue weighted by atomic mass is 16.4. The summed E-state index contributed by atoms with van der Waals surface area (Å²) in [6.45, 7) is 2.68. The smallest absolute Gasteiger partial charge is 0.336 e. The quantitative estimate of drug-likeness (QED) is 0.491. The van der Waals surface area contributed by atoms with Gasteiger partial charge in [-0.25, -0.2) is 14.5 Å². The molecular formula is C26H29N3O2. The highest BCUT2D eigenvalue weighted by Gasteiger charge is 2.21. The van der Waals surface area contributed by atoms with E-state index in [1.807, 2.05) is 41.9 Å². The zero-order valence-corrected chi connectivity index (χ0v) is 18.0. The molecule has 0 amide bonds. The highest BCUT2D eigenvalue weighted by molar-refractivity contribution is 5.95. The fraction of sp³-hybridized carbons (Fsp3) is 0.346. The van der Waals surface area contributed by atoms with Gasteiger partial charge in [0, 0.05) is 12.3 Å². The van der Waals surface area contributed by atoms with Crippen molar-refractivity contribution in [2.45, 2.75) is 57.9 Å². The van der Waals surface area contributed by atoms with Crippen LogP contribution in [0.25, 0.3) is 11.1 Å². The number of aromatic nitrogens is 3. The van der Waals surface area contributed by atoms with Crippen LogP contribution in [0.4, 0.5) is 0 Å². The van der Waals surface area contributed by atoms with E-state index >= 15 is 0 Å². The molecule has 4 rings (SSSR count). The first-order valence-electron chi connectivity index (χ1n) is 11.1. The number of aromatic carboxylic acids is 1. The number of nitrogens with zero attached hydrogens (tertiary/aromatic N) is 3. The van der Waals surface area contributed by atoms with Crippen molar-refractivity contribution in [2.75, 3.05) is 0 Å². The minimum Gasteiger partial charge on any atom is -0.478 e. The van der Waals surface area contributed by atoms with Crippen molar-refractivity contribution >= 4 is 5.97 Å². The molecule has 0 radical (unpaired) electrons. The monoisotopic (exact) mass is 415 g/mol. The number of carboxylic acid groups (broad SMARTS) is 1. The van der Waals surface area contributed by atoms with Gasteiger partial charge in [0.25, 0.3) is 0 Å². The Hall–Kier alpha value is -3.21. The van der Waals surface area contributed by atoms with Crippen molar-refractivity contribution < 1.29 is 9.90 Å². The van der Waals surface area contributed by atoms with Crippen molar-refractivity contribution in [2.24, 2.45) is 0 Å². The molecule has 0 saturated heterocycles. The standard InChI is InChI=1S/C26H29N3O2/c1-2-3-13-24-27-25(21-9-5-4-6-10-21)28-29(24)18-19-14-16-20(17-15-19)22-11-7-8-12-23(22)26(30)31/h2-3,7-8,11-12,14-17,21H,4-6,9-10,13,18H2,1H3,(H,30,31)/b3-2+. The van der Waals surface area contributed by atoms with Crippen molar-refractivity contribution in [3.05, 3.63) is 83.5 Å². The molecule has 1 saturated carbocycles. The van der Waals surface area contributed by atoms with Gasteiger partial charge in [-0.2, -0.15) is 5.10 Å². The second kappa shape index (κ2) is 9.73. The molecular weight excluding hydrogens is 386 g/mol. The van der Waals surface area contributed by atoms with Crippen LogP contribution in [0.5, 0.6) is 0 Å². The van der Waals surface area contributed by atoms with Gasteiger partial charge in [0.1, 0.15) is 5.82 Å². The molecule has 2 aromatic carbocycles. The van der Waals surface area contributed by atoms with Gasteiger partial charge in [-0.15, -0.1) is 0 Å². The minimum atomic E-state index is -0.911. The third kappa shape index (κ3) is 4.93. The zero-order valence-electron chi connectivity index (χ0n) is 18.0. The van der Waals surface area contributed by atoms with E-state index in [1.54, 1.807) is 12.1 Å². The summed E-state index contributed by atoms with van der Waals surface area (Å²) in [5, 5.41) is 14.4. The highest BCUT2D eigenvalue weighted by Crippen LogP contribution is 2.31. The molecule has 160 valence electrons. The Bertz CT molecular complexity index is 1060. The van der Waals surface area contributed by atoms with E-state index in [2.05, 4.69) is 18.2 Å². The maximum absolute atomic E-state index is 11.5. The normalized spacial score (nSPS) is 14.9. The Balaban J connectivity index is 1.57. The summed E-state index contributed by atoms with van der Waals surface area (Å²) in [6, 6.07) is 15.2. The first-order chi connectivity index (χ1) is 15.2. The van der Waals surface area contributed by atoms with Crippen molar-refractivity contribution in [1.82, 2.24) is 14.8 Å². The molecule has 1 aromatic heterocycles. The number of hydrogen-bond donors (Lipinski definition) is 1. The summed E-state index contributed by atoms with van der Waals surface area (Å²) in [5.41, 5.74) is 3.07. The van der Waals surface area contributed by atoms with Gasteiger partial charge in [-0.1, -0.05) is 73.9 Å². The largest absolute Gasteiger partial charge is 0.478 e. The lowest BCUT2D eigenvalue weighted by molar-refractivity contribution is 0.0697.